The normalized spacial score (nSPS) is 10.2. The number of carbonyl (C=O) groups excluding carboxylic acids is 1. The van der Waals surface area contributed by atoms with Crippen molar-refractivity contribution in [3.8, 4) is 5.75 Å². The third kappa shape index (κ3) is 6.82. The Bertz CT molecular complexity index is 376. The maximum Gasteiger partial charge on any atom is 0.305 e. The van der Waals surface area contributed by atoms with Gasteiger partial charge in [-0.25, -0.2) is 0 Å². The van der Waals surface area contributed by atoms with Gasteiger partial charge in [-0.05, 0) is 37.0 Å². The molecule has 0 N–H and O–H groups in total. The second-order valence-corrected chi connectivity index (χ2v) is 4.34. The number of ether oxygens (including phenoxy) is 3. The van der Waals surface area contributed by atoms with E-state index in [1.807, 2.05) is 18.2 Å². The van der Waals surface area contributed by atoms with Crippen molar-refractivity contribution >= 4 is 5.97 Å². The minimum Gasteiger partial charge on any atom is -0.469 e. The summed E-state index contributed by atoms with van der Waals surface area (Å²) >= 11 is 0. The maximum atomic E-state index is 10.9. The molecular weight excluding hydrogens is 244 g/mol. The van der Waals surface area contributed by atoms with Gasteiger partial charge in [0.2, 0.25) is 0 Å². The molecule has 0 fully saturated rings. The van der Waals surface area contributed by atoms with E-state index in [-0.39, 0.29) is 12.8 Å². The molecule has 0 aromatic heterocycles. The number of rotatable bonds is 9. The van der Waals surface area contributed by atoms with Crippen molar-refractivity contribution in [2.24, 2.45) is 0 Å². The van der Waals surface area contributed by atoms with Crippen molar-refractivity contribution in [1.82, 2.24) is 0 Å². The fraction of sp³-hybridized carbons (Fsp3) is 0.533. The Labute approximate surface area is 114 Å². The molecule has 1 aromatic rings. The molecule has 106 valence electrons. The lowest BCUT2D eigenvalue weighted by molar-refractivity contribution is -0.140. The third-order valence-electron chi connectivity index (χ3n) is 2.82. The summed E-state index contributed by atoms with van der Waals surface area (Å²) in [6.45, 7) is 0.266. The first-order valence-electron chi connectivity index (χ1n) is 6.53. The first kappa shape index (κ1) is 15.5. The number of hydrogen-bond acceptors (Lipinski definition) is 4. The van der Waals surface area contributed by atoms with Crippen LogP contribution in [0.25, 0.3) is 0 Å². The van der Waals surface area contributed by atoms with Crippen LogP contribution in [0, 0.1) is 0 Å². The van der Waals surface area contributed by atoms with E-state index >= 15 is 0 Å². The molecule has 0 aliphatic rings. The van der Waals surface area contributed by atoms with Crippen molar-refractivity contribution in [2.45, 2.75) is 32.1 Å². The smallest absolute Gasteiger partial charge is 0.305 e. The highest BCUT2D eigenvalue weighted by molar-refractivity contribution is 5.68. The van der Waals surface area contributed by atoms with Crippen LogP contribution in [0.3, 0.4) is 0 Å². The number of benzene rings is 1. The highest BCUT2D eigenvalue weighted by atomic mass is 16.7. The summed E-state index contributed by atoms with van der Waals surface area (Å²) in [4.78, 5) is 10.9. The van der Waals surface area contributed by atoms with Crippen molar-refractivity contribution in [2.75, 3.05) is 21.0 Å². The number of methoxy groups -OCH3 is 2. The Morgan fingerprint density at radius 3 is 2.74 bits per heavy atom. The molecule has 0 spiro atoms. The lowest BCUT2D eigenvalue weighted by Crippen LogP contribution is -2.00. The van der Waals surface area contributed by atoms with Crippen LogP contribution in [0.15, 0.2) is 24.3 Å². The Morgan fingerprint density at radius 2 is 2.00 bits per heavy atom. The summed E-state index contributed by atoms with van der Waals surface area (Å²) in [6.07, 6.45) is 4.47. The molecule has 0 atom stereocenters. The fourth-order valence-corrected chi connectivity index (χ4v) is 1.80. The number of carbonyl (C=O) groups is 1. The number of aryl methyl sites for hydroxylation is 1. The summed E-state index contributed by atoms with van der Waals surface area (Å²) in [5, 5.41) is 0. The van der Waals surface area contributed by atoms with E-state index in [0.29, 0.717) is 6.42 Å². The van der Waals surface area contributed by atoms with Crippen LogP contribution in [-0.2, 0) is 20.7 Å². The molecule has 1 rings (SSSR count). The van der Waals surface area contributed by atoms with E-state index < -0.39 is 0 Å². The molecule has 0 unspecified atom stereocenters. The highest BCUT2D eigenvalue weighted by Crippen LogP contribution is 2.15. The lowest BCUT2D eigenvalue weighted by Gasteiger charge is -2.07. The quantitative estimate of drug-likeness (QED) is 0.391. The highest BCUT2D eigenvalue weighted by Gasteiger charge is 2.00. The van der Waals surface area contributed by atoms with Crippen molar-refractivity contribution in [3.05, 3.63) is 29.8 Å². The molecule has 4 nitrogen and oxygen atoms in total. The Hall–Kier alpha value is -1.55. The molecule has 0 aliphatic carbocycles. The van der Waals surface area contributed by atoms with Crippen molar-refractivity contribution in [3.63, 3.8) is 0 Å². The van der Waals surface area contributed by atoms with E-state index in [0.717, 1.165) is 31.4 Å². The molecule has 0 amide bonds. The maximum absolute atomic E-state index is 10.9. The van der Waals surface area contributed by atoms with Crippen LogP contribution in [0.4, 0.5) is 0 Å². The minimum atomic E-state index is -0.130. The van der Waals surface area contributed by atoms with Crippen LogP contribution >= 0.6 is 0 Å². The topological polar surface area (TPSA) is 44.8 Å². The predicted octanol–water partition coefficient (Wildman–Crippen LogP) is 2.95. The summed E-state index contributed by atoms with van der Waals surface area (Å²) in [5.41, 5.74) is 1.24. The number of unbranched alkanes of at least 4 members (excludes halogenated alkanes) is 2. The molecule has 19 heavy (non-hydrogen) atoms. The second kappa shape index (κ2) is 9.39. The van der Waals surface area contributed by atoms with E-state index in [1.165, 1.54) is 12.7 Å². The minimum absolute atomic E-state index is 0.130. The summed E-state index contributed by atoms with van der Waals surface area (Å²) in [6, 6.07) is 8.01. The largest absolute Gasteiger partial charge is 0.469 e. The molecule has 0 heterocycles. The van der Waals surface area contributed by atoms with Gasteiger partial charge in [-0.2, -0.15) is 0 Å². The van der Waals surface area contributed by atoms with Crippen LogP contribution < -0.4 is 4.74 Å². The van der Waals surface area contributed by atoms with Gasteiger partial charge in [-0.15, -0.1) is 0 Å². The summed E-state index contributed by atoms with van der Waals surface area (Å²) in [5.74, 6) is 0.698. The zero-order chi connectivity index (χ0) is 13.9. The van der Waals surface area contributed by atoms with E-state index in [9.17, 15) is 4.79 Å². The Kier molecular flexibility index (Phi) is 7.66. The van der Waals surface area contributed by atoms with Gasteiger partial charge in [0.05, 0.1) is 7.11 Å². The SMILES string of the molecule is COCOc1cccc(CCCCCC(=O)OC)c1. The number of hydrogen-bond donors (Lipinski definition) is 0. The van der Waals surface area contributed by atoms with Crippen LogP contribution in [-0.4, -0.2) is 27.0 Å². The standard InChI is InChI=1S/C15H22O4/c1-17-12-19-14-9-6-8-13(11-14)7-4-3-5-10-15(16)18-2/h6,8-9,11H,3-5,7,10,12H2,1-2H3. The predicted molar refractivity (Wildman–Crippen MR) is 73.1 cm³/mol. The monoisotopic (exact) mass is 266 g/mol. The summed E-state index contributed by atoms with van der Waals surface area (Å²) < 4.78 is 14.9. The molecule has 0 saturated carbocycles. The average molecular weight is 266 g/mol. The van der Waals surface area contributed by atoms with Gasteiger partial charge in [-0.3, -0.25) is 4.79 Å². The first-order chi connectivity index (χ1) is 9.26. The third-order valence-corrected chi connectivity index (χ3v) is 2.82. The molecule has 0 radical (unpaired) electrons. The molecule has 0 bridgehead atoms. The van der Waals surface area contributed by atoms with Gasteiger partial charge >= 0.3 is 5.97 Å². The first-order valence-corrected chi connectivity index (χ1v) is 6.53. The molecule has 4 heteroatoms. The van der Waals surface area contributed by atoms with E-state index in [4.69, 9.17) is 9.47 Å². The number of esters is 1. The lowest BCUT2D eigenvalue weighted by atomic mass is 10.1. The van der Waals surface area contributed by atoms with Gasteiger partial charge in [0.15, 0.2) is 6.79 Å². The fourth-order valence-electron chi connectivity index (χ4n) is 1.80. The summed E-state index contributed by atoms with van der Waals surface area (Å²) in [7, 11) is 3.03. The average Bonchev–Trinajstić information content (AvgIpc) is 2.45. The molecule has 0 aliphatic heterocycles. The Morgan fingerprint density at radius 1 is 1.16 bits per heavy atom. The zero-order valence-electron chi connectivity index (χ0n) is 11.7. The van der Waals surface area contributed by atoms with E-state index in [2.05, 4.69) is 10.8 Å². The zero-order valence-corrected chi connectivity index (χ0v) is 11.7. The van der Waals surface area contributed by atoms with Gasteiger partial charge < -0.3 is 14.2 Å². The van der Waals surface area contributed by atoms with Gasteiger partial charge in [0.25, 0.3) is 0 Å². The molecule has 0 saturated heterocycles. The van der Waals surface area contributed by atoms with Gasteiger partial charge in [0.1, 0.15) is 5.75 Å². The molecule has 1 aromatic carbocycles. The van der Waals surface area contributed by atoms with Crippen molar-refractivity contribution < 1.29 is 19.0 Å². The molecular formula is C15H22O4. The van der Waals surface area contributed by atoms with Crippen LogP contribution in [0.1, 0.15) is 31.2 Å². The van der Waals surface area contributed by atoms with Gasteiger partial charge in [0, 0.05) is 13.5 Å². The van der Waals surface area contributed by atoms with Crippen molar-refractivity contribution in [1.29, 1.82) is 0 Å². The Balaban J connectivity index is 2.23. The van der Waals surface area contributed by atoms with Gasteiger partial charge in [-0.1, -0.05) is 18.6 Å². The van der Waals surface area contributed by atoms with Crippen LogP contribution in [0.5, 0.6) is 5.75 Å². The second-order valence-electron chi connectivity index (χ2n) is 4.34. The van der Waals surface area contributed by atoms with Crippen LogP contribution in [0.2, 0.25) is 0 Å². The van der Waals surface area contributed by atoms with E-state index in [1.54, 1.807) is 7.11 Å².